The highest BCUT2D eigenvalue weighted by Gasteiger charge is 2.39. The van der Waals surface area contributed by atoms with Gasteiger partial charge in [0, 0.05) is 22.8 Å². The van der Waals surface area contributed by atoms with Gasteiger partial charge in [0.05, 0.1) is 32.5 Å². The predicted octanol–water partition coefficient (Wildman–Crippen LogP) is 3.10. The van der Waals surface area contributed by atoms with E-state index in [4.69, 9.17) is 20.2 Å². The Morgan fingerprint density at radius 3 is 2.17 bits per heavy atom. The molecule has 0 radical (unpaired) electrons. The van der Waals surface area contributed by atoms with Gasteiger partial charge in [-0.25, -0.2) is 4.79 Å². The molecule has 2 N–H and O–H groups in total. The summed E-state index contributed by atoms with van der Waals surface area (Å²) in [5.74, 6) is 2.93. The summed E-state index contributed by atoms with van der Waals surface area (Å²) < 4.78 is 10.2. The van der Waals surface area contributed by atoms with Crippen molar-refractivity contribution in [2.75, 3.05) is 13.2 Å². The molecule has 0 spiro atoms. The summed E-state index contributed by atoms with van der Waals surface area (Å²) in [6.45, 7) is 4.80. The molecule has 1 aliphatic rings. The van der Waals surface area contributed by atoms with Crippen LogP contribution in [-0.2, 0) is 14.3 Å². The maximum Gasteiger partial charge on any atom is 0.338 e. The fourth-order valence-electron chi connectivity index (χ4n) is 3.40. The first-order valence-corrected chi connectivity index (χ1v) is 10.3. The molecule has 0 heterocycles. The molecule has 0 fully saturated rings. The molecule has 1 aliphatic carbocycles. The lowest BCUT2D eigenvalue weighted by Crippen LogP contribution is -2.27. The van der Waals surface area contributed by atoms with Gasteiger partial charge < -0.3 is 14.3 Å². The van der Waals surface area contributed by atoms with Gasteiger partial charge in [-0.05, 0) is 32.4 Å². The van der Waals surface area contributed by atoms with Crippen LogP contribution in [0.1, 0.15) is 53.5 Å². The van der Waals surface area contributed by atoms with Gasteiger partial charge in [-0.1, -0.05) is 6.92 Å². The number of hydrogen-bond acceptors (Lipinski definition) is 11. The molecule has 0 atom stereocenters. The second-order valence-corrected chi connectivity index (χ2v) is 8.25. The molecular weight excluding hydrogens is 466 g/mol. The van der Waals surface area contributed by atoms with Gasteiger partial charge in [0.1, 0.15) is 13.2 Å². The van der Waals surface area contributed by atoms with Crippen LogP contribution in [0.15, 0.2) is 24.3 Å². The van der Waals surface area contributed by atoms with Crippen LogP contribution in [0.25, 0.3) is 11.1 Å². The molecule has 0 bridgehead atoms. The van der Waals surface area contributed by atoms with Crippen LogP contribution >= 0.6 is 0 Å². The van der Waals surface area contributed by atoms with E-state index in [1.807, 2.05) is 6.92 Å². The number of non-ortho nitro benzene ring substituents is 1. The fourth-order valence-corrected chi connectivity index (χ4v) is 3.40. The Morgan fingerprint density at radius 1 is 0.971 bits per heavy atom. The summed E-state index contributed by atoms with van der Waals surface area (Å²) in [4.78, 5) is 63.4. The summed E-state index contributed by atoms with van der Waals surface area (Å²) in [5, 5.41) is 22.8. The Hall–Kier alpha value is -4.39. The van der Waals surface area contributed by atoms with E-state index >= 15 is 0 Å². The number of hydrogen-bond donors (Lipinski definition) is 1. The molecule has 35 heavy (non-hydrogen) atoms. The Labute approximate surface area is 198 Å². The molecule has 0 aromatic heterocycles. The van der Waals surface area contributed by atoms with Crippen LogP contribution in [0, 0.1) is 25.6 Å². The monoisotopic (exact) mass is 487 g/mol. The van der Waals surface area contributed by atoms with Gasteiger partial charge in [0.2, 0.25) is 0 Å². The van der Waals surface area contributed by atoms with Gasteiger partial charge in [-0.15, -0.1) is 0 Å². The number of nitro groups is 2. The fraction of sp³-hybridized carbons (Fsp3) is 0.318. The van der Waals surface area contributed by atoms with Crippen LogP contribution in [0.2, 0.25) is 0 Å². The summed E-state index contributed by atoms with van der Waals surface area (Å²) in [5.41, 5.74) is -2.93. The molecule has 0 unspecified atom stereocenters. The smallest absolute Gasteiger partial charge is 0.338 e. The number of ether oxygens (including phenoxy) is 2. The largest absolute Gasteiger partial charge is 0.462 e. The highest BCUT2D eigenvalue weighted by atomic mass is 16.6. The van der Waals surface area contributed by atoms with Crippen molar-refractivity contribution in [2.45, 2.75) is 27.2 Å². The van der Waals surface area contributed by atoms with Crippen molar-refractivity contribution in [1.82, 2.24) is 0 Å². The van der Waals surface area contributed by atoms with E-state index in [1.165, 1.54) is 0 Å². The van der Waals surface area contributed by atoms with Crippen molar-refractivity contribution < 1.29 is 38.5 Å². The van der Waals surface area contributed by atoms with Crippen LogP contribution in [-0.4, -0.2) is 40.8 Å². The third kappa shape index (κ3) is 4.66. The van der Waals surface area contributed by atoms with Crippen molar-refractivity contribution in [3.8, 4) is 16.9 Å². The Bertz CT molecular complexity index is 1270. The molecule has 2 aromatic rings. The second-order valence-electron chi connectivity index (χ2n) is 8.25. The van der Waals surface area contributed by atoms with Crippen molar-refractivity contribution in [3.63, 3.8) is 0 Å². The zero-order valence-corrected chi connectivity index (χ0v) is 19.0. The average molecular weight is 487 g/mol. The number of carbonyl (C=O) groups excluding carboxylic acids is 3. The molecule has 13 heteroatoms. The lowest BCUT2D eigenvalue weighted by atomic mass is 9.91. The summed E-state index contributed by atoms with van der Waals surface area (Å²) in [6, 6.07) is 3.89. The third-order valence-corrected chi connectivity index (χ3v) is 5.70. The molecule has 13 nitrogen and oxygen atoms in total. The minimum absolute atomic E-state index is 0.0682. The first-order chi connectivity index (χ1) is 16.4. The molecule has 0 aliphatic heterocycles. The quantitative estimate of drug-likeness (QED) is 0.202. The molecule has 0 saturated carbocycles. The van der Waals surface area contributed by atoms with E-state index in [1.54, 1.807) is 13.8 Å². The van der Waals surface area contributed by atoms with Gasteiger partial charge >= 0.3 is 11.9 Å². The van der Waals surface area contributed by atoms with E-state index in [-0.39, 0.29) is 46.8 Å². The summed E-state index contributed by atoms with van der Waals surface area (Å²) in [7, 11) is 0. The SMILES string of the molecule is CCC(C)(C)C(=O)OCCOC(=O)c1cc(ON)c2c(c1)C(=O)c1cc([N+](=O)[O-])cc([N+](=O)[O-])c1-2. The number of nitrogens with two attached hydrogens (primary N) is 1. The van der Waals surface area contributed by atoms with Gasteiger partial charge in [0.15, 0.2) is 11.5 Å². The minimum atomic E-state index is -0.902. The van der Waals surface area contributed by atoms with Crippen LogP contribution < -0.4 is 10.7 Å². The number of carbonyl (C=O) groups is 3. The van der Waals surface area contributed by atoms with E-state index < -0.39 is 44.4 Å². The normalized spacial score (nSPS) is 11.9. The van der Waals surface area contributed by atoms with E-state index in [0.717, 1.165) is 24.3 Å². The number of nitro benzene ring substituents is 2. The second kappa shape index (κ2) is 9.46. The minimum Gasteiger partial charge on any atom is -0.462 e. The average Bonchev–Trinajstić information content (AvgIpc) is 3.12. The summed E-state index contributed by atoms with van der Waals surface area (Å²) in [6.07, 6.45) is 0.556. The van der Waals surface area contributed by atoms with Crippen molar-refractivity contribution in [2.24, 2.45) is 11.3 Å². The number of ketones is 1. The van der Waals surface area contributed by atoms with Gasteiger partial charge in [0.25, 0.3) is 11.4 Å². The predicted molar refractivity (Wildman–Crippen MR) is 119 cm³/mol. The van der Waals surface area contributed by atoms with Crippen molar-refractivity contribution >= 4 is 29.1 Å². The maximum atomic E-state index is 13.0. The first kappa shape index (κ1) is 25.2. The lowest BCUT2D eigenvalue weighted by molar-refractivity contribution is -0.393. The highest BCUT2D eigenvalue weighted by Crippen LogP contribution is 2.49. The molecule has 2 aromatic carbocycles. The zero-order valence-electron chi connectivity index (χ0n) is 19.0. The number of benzene rings is 2. The number of rotatable bonds is 9. The van der Waals surface area contributed by atoms with E-state index in [2.05, 4.69) is 0 Å². The Morgan fingerprint density at radius 2 is 1.60 bits per heavy atom. The molecule has 3 rings (SSSR count). The Balaban J connectivity index is 1.90. The van der Waals surface area contributed by atoms with Crippen LogP contribution in [0.5, 0.6) is 5.75 Å². The molecular formula is C22H21N3O10. The van der Waals surface area contributed by atoms with Crippen LogP contribution in [0.4, 0.5) is 11.4 Å². The van der Waals surface area contributed by atoms with Crippen molar-refractivity contribution in [1.29, 1.82) is 0 Å². The van der Waals surface area contributed by atoms with Gasteiger partial charge in [-0.2, -0.15) is 5.90 Å². The molecule has 184 valence electrons. The van der Waals surface area contributed by atoms with E-state index in [0.29, 0.717) is 6.42 Å². The zero-order chi connectivity index (χ0) is 26.1. The lowest BCUT2D eigenvalue weighted by Gasteiger charge is -2.20. The first-order valence-electron chi connectivity index (χ1n) is 10.3. The highest BCUT2D eigenvalue weighted by molar-refractivity contribution is 6.25. The Kier molecular flexibility index (Phi) is 6.82. The standard InChI is InChI=1S/C22H21N3O10/c1-4-22(2,3)21(28)34-6-5-33-20(27)11-7-13-18(16(8-11)35-23)17-14(19(13)26)9-12(24(29)30)10-15(17)25(31)32/h7-10H,4-6,23H2,1-3H3. The maximum absolute atomic E-state index is 13.0. The molecule has 0 saturated heterocycles. The van der Waals surface area contributed by atoms with Crippen LogP contribution in [0.3, 0.4) is 0 Å². The van der Waals surface area contributed by atoms with E-state index in [9.17, 15) is 34.6 Å². The topological polar surface area (TPSA) is 191 Å². The number of fused-ring (bicyclic) bond motifs is 3. The summed E-state index contributed by atoms with van der Waals surface area (Å²) >= 11 is 0. The number of esters is 2. The number of nitrogens with zero attached hydrogens (tertiary/aromatic N) is 2. The van der Waals surface area contributed by atoms with Crippen molar-refractivity contribution in [3.05, 3.63) is 61.2 Å². The van der Waals surface area contributed by atoms with Gasteiger partial charge in [-0.3, -0.25) is 29.8 Å². The third-order valence-electron chi connectivity index (χ3n) is 5.70. The molecule has 0 amide bonds.